The summed E-state index contributed by atoms with van der Waals surface area (Å²) in [6, 6.07) is 8.66. The minimum atomic E-state index is -0.0352. The van der Waals surface area contributed by atoms with Gasteiger partial charge in [0.15, 0.2) is 0 Å². The molecule has 1 atom stereocenters. The lowest BCUT2D eigenvalue weighted by Gasteiger charge is -2.25. The molecule has 0 unspecified atom stereocenters. The number of amides is 1. The minimum Gasteiger partial charge on any atom is -0.348 e. The highest BCUT2D eigenvalue weighted by Crippen LogP contribution is 2.25. The van der Waals surface area contributed by atoms with Gasteiger partial charge in [-0.2, -0.15) is 5.10 Å². The summed E-state index contributed by atoms with van der Waals surface area (Å²) in [5, 5.41) is 8.12. The van der Waals surface area contributed by atoms with Crippen LogP contribution in [0.15, 0.2) is 42.9 Å². The normalized spacial score (nSPS) is 16.6. The van der Waals surface area contributed by atoms with Crippen molar-refractivity contribution in [1.29, 1.82) is 0 Å². The van der Waals surface area contributed by atoms with Gasteiger partial charge in [-0.25, -0.2) is 4.98 Å². The third-order valence-corrected chi connectivity index (χ3v) is 5.41. The largest absolute Gasteiger partial charge is 0.348 e. The second-order valence-electron chi connectivity index (χ2n) is 6.11. The maximum absolute atomic E-state index is 12.5. The number of nitrogens with zero attached hydrogens (tertiary/aromatic N) is 3. The Balaban J connectivity index is 1.45. The topological polar surface area (TPSA) is 59.8 Å². The van der Waals surface area contributed by atoms with E-state index in [-0.39, 0.29) is 11.9 Å². The van der Waals surface area contributed by atoms with Crippen LogP contribution in [0.5, 0.6) is 0 Å². The van der Waals surface area contributed by atoms with Gasteiger partial charge in [-0.05, 0) is 30.4 Å². The number of hydrogen-bond acceptors (Lipinski definition) is 4. The van der Waals surface area contributed by atoms with E-state index in [2.05, 4.69) is 39.7 Å². The highest BCUT2D eigenvalue weighted by molar-refractivity contribution is 7.16. The second-order valence-corrected chi connectivity index (χ2v) is 7.14. The van der Waals surface area contributed by atoms with Crippen molar-refractivity contribution in [3.63, 3.8) is 0 Å². The molecule has 5 nitrogen and oxygen atoms in total. The molecule has 1 amide bonds. The van der Waals surface area contributed by atoms with Crippen LogP contribution in [0.3, 0.4) is 0 Å². The zero-order chi connectivity index (χ0) is 16.5. The van der Waals surface area contributed by atoms with Crippen LogP contribution in [-0.2, 0) is 19.9 Å². The van der Waals surface area contributed by atoms with E-state index >= 15 is 0 Å². The summed E-state index contributed by atoms with van der Waals surface area (Å²) in [6.07, 6.45) is 8.22. The fraction of sp³-hybridized carbons (Fsp3) is 0.278. The van der Waals surface area contributed by atoms with Crippen molar-refractivity contribution in [1.82, 2.24) is 20.1 Å². The van der Waals surface area contributed by atoms with Crippen LogP contribution in [0, 0.1) is 0 Å². The van der Waals surface area contributed by atoms with Crippen molar-refractivity contribution in [2.45, 2.75) is 25.3 Å². The lowest BCUT2D eigenvalue weighted by molar-refractivity contribution is 0.0937. The second kappa shape index (κ2) is 6.20. The molecule has 2 heterocycles. The van der Waals surface area contributed by atoms with E-state index in [4.69, 9.17) is 0 Å². The van der Waals surface area contributed by atoms with Crippen LogP contribution < -0.4 is 5.32 Å². The number of thiazole rings is 1. The lowest BCUT2D eigenvalue weighted by Crippen LogP contribution is -2.38. The van der Waals surface area contributed by atoms with Crippen molar-refractivity contribution < 1.29 is 4.79 Å². The average molecular weight is 338 g/mol. The van der Waals surface area contributed by atoms with E-state index in [1.165, 1.54) is 22.5 Å². The van der Waals surface area contributed by atoms with Gasteiger partial charge in [-0.3, -0.25) is 9.48 Å². The molecule has 1 aliphatic carbocycles. The zero-order valence-corrected chi connectivity index (χ0v) is 14.2. The molecule has 24 heavy (non-hydrogen) atoms. The standard InChI is InChI=1S/C18H18N4OS/c1-22-11-14(9-20-22)18-19-10-16(24-18)17(23)21-15-7-6-12-4-2-3-5-13(12)8-15/h2-5,9-11,15H,6-8H2,1H3,(H,21,23)/t15-/m1/s1. The van der Waals surface area contributed by atoms with E-state index in [1.807, 2.05) is 13.2 Å². The Morgan fingerprint density at radius 1 is 1.29 bits per heavy atom. The number of fused-ring (bicyclic) bond motifs is 1. The predicted octanol–water partition coefficient (Wildman–Crippen LogP) is 2.83. The highest BCUT2D eigenvalue weighted by atomic mass is 32.1. The predicted molar refractivity (Wildman–Crippen MR) is 94.0 cm³/mol. The summed E-state index contributed by atoms with van der Waals surface area (Å²) in [4.78, 5) is 17.5. The molecule has 6 heteroatoms. The number of hydrogen-bond donors (Lipinski definition) is 1. The van der Waals surface area contributed by atoms with Crippen LogP contribution in [0.25, 0.3) is 10.6 Å². The van der Waals surface area contributed by atoms with Crippen molar-refractivity contribution in [3.05, 3.63) is 58.9 Å². The first kappa shape index (κ1) is 15.1. The summed E-state index contributed by atoms with van der Waals surface area (Å²) < 4.78 is 1.73. The fourth-order valence-corrected chi connectivity index (χ4v) is 3.92. The molecular weight excluding hydrogens is 320 g/mol. The summed E-state index contributed by atoms with van der Waals surface area (Å²) in [5.41, 5.74) is 3.68. The molecule has 0 bridgehead atoms. The summed E-state index contributed by atoms with van der Waals surface area (Å²) in [6.45, 7) is 0. The first-order valence-electron chi connectivity index (χ1n) is 8.01. The number of nitrogens with one attached hydrogen (secondary N) is 1. The Hall–Kier alpha value is -2.47. The SMILES string of the molecule is Cn1cc(-c2ncc(C(=O)N[C@@H]3CCc4ccccc4C3)s2)cn1. The molecule has 3 aromatic rings. The summed E-state index contributed by atoms with van der Waals surface area (Å²) in [7, 11) is 1.87. The zero-order valence-electron chi connectivity index (χ0n) is 13.4. The molecule has 1 N–H and O–H groups in total. The Bertz CT molecular complexity index is 883. The van der Waals surface area contributed by atoms with E-state index in [1.54, 1.807) is 17.1 Å². The quantitative estimate of drug-likeness (QED) is 0.799. The van der Waals surface area contributed by atoms with Crippen LogP contribution in [0.4, 0.5) is 0 Å². The van der Waals surface area contributed by atoms with Gasteiger partial charge in [0.25, 0.3) is 5.91 Å². The molecule has 4 rings (SSSR count). The third kappa shape index (κ3) is 2.97. The van der Waals surface area contributed by atoms with Crippen LogP contribution in [0.1, 0.15) is 27.2 Å². The van der Waals surface area contributed by atoms with Gasteiger partial charge in [-0.1, -0.05) is 24.3 Å². The van der Waals surface area contributed by atoms with Gasteiger partial charge in [0.05, 0.1) is 12.4 Å². The highest BCUT2D eigenvalue weighted by Gasteiger charge is 2.21. The average Bonchev–Trinajstić information content (AvgIpc) is 3.23. The minimum absolute atomic E-state index is 0.0352. The van der Waals surface area contributed by atoms with Gasteiger partial charge in [0, 0.05) is 24.8 Å². The van der Waals surface area contributed by atoms with E-state index < -0.39 is 0 Å². The maximum Gasteiger partial charge on any atom is 0.263 e. The molecule has 0 fully saturated rings. The number of aromatic nitrogens is 3. The third-order valence-electron chi connectivity index (χ3n) is 4.36. The Labute approximate surface area is 144 Å². The van der Waals surface area contributed by atoms with Gasteiger partial charge >= 0.3 is 0 Å². The smallest absolute Gasteiger partial charge is 0.263 e. The van der Waals surface area contributed by atoms with Crippen molar-refractivity contribution in [2.75, 3.05) is 0 Å². The van der Waals surface area contributed by atoms with Gasteiger partial charge in [0.2, 0.25) is 0 Å². The van der Waals surface area contributed by atoms with Crippen molar-refractivity contribution in [3.8, 4) is 10.6 Å². The summed E-state index contributed by atoms with van der Waals surface area (Å²) >= 11 is 1.41. The molecule has 1 aromatic carbocycles. The van der Waals surface area contributed by atoms with Crippen LogP contribution >= 0.6 is 11.3 Å². The number of rotatable bonds is 3. The summed E-state index contributed by atoms with van der Waals surface area (Å²) in [5.74, 6) is -0.0352. The van der Waals surface area contributed by atoms with Crippen molar-refractivity contribution >= 4 is 17.2 Å². The van der Waals surface area contributed by atoms with E-state index in [0.29, 0.717) is 4.88 Å². The van der Waals surface area contributed by atoms with Gasteiger partial charge in [-0.15, -0.1) is 11.3 Å². The van der Waals surface area contributed by atoms with Gasteiger partial charge < -0.3 is 5.32 Å². The fourth-order valence-electron chi connectivity index (χ4n) is 3.12. The van der Waals surface area contributed by atoms with Crippen molar-refractivity contribution in [2.24, 2.45) is 7.05 Å². The maximum atomic E-state index is 12.5. The van der Waals surface area contributed by atoms with Crippen LogP contribution in [-0.4, -0.2) is 26.7 Å². The van der Waals surface area contributed by atoms with Gasteiger partial charge in [0.1, 0.15) is 9.88 Å². The van der Waals surface area contributed by atoms with E-state index in [9.17, 15) is 4.79 Å². The Kier molecular flexibility index (Phi) is 3.90. The molecule has 1 aliphatic rings. The molecule has 0 saturated heterocycles. The molecule has 0 saturated carbocycles. The molecule has 0 spiro atoms. The number of aryl methyl sites for hydroxylation is 2. The number of carbonyl (C=O) groups excluding carboxylic acids is 1. The number of carbonyl (C=O) groups is 1. The first-order valence-corrected chi connectivity index (χ1v) is 8.83. The molecule has 0 aliphatic heterocycles. The first-order chi connectivity index (χ1) is 11.7. The van der Waals surface area contributed by atoms with Crippen LogP contribution in [0.2, 0.25) is 0 Å². The van der Waals surface area contributed by atoms with E-state index in [0.717, 1.165) is 29.8 Å². The lowest BCUT2D eigenvalue weighted by atomic mass is 9.88. The Morgan fingerprint density at radius 2 is 2.12 bits per heavy atom. The molecule has 122 valence electrons. The molecule has 2 aromatic heterocycles. The Morgan fingerprint density at radius 3 is 2.92 bits per heavy atom. The molecule has 0 radical (unpaired) electrons. The number of benzene rings is 1. The molecular formula is C18H18N4OS. The monoisotopic (exact) mass is 338 g/mol.